The van der Waals surface area contributed by atoms with E-state index in [2.05, 4.69) is 32.7 Å². The van der Waals surface area contributed by atoms with E-state index in [1.165, 1.54) is 0 Å². The number of phenols is 1. The van der Waals surface area contributed by atoms with Crippen molar-refractivity contribution in [2.24, 2.45) is 0 Å². The van der Waals surface area contributed by atoms with Gasteiger partial charge in [-0.2, -0.15) is 0 Å². The van der Waals surface area contributed by atoms with Crippen molar-refractivity contribution >= 4 is 15.9 Å². The highest BCUT2D eigenvalue weighted by atomic mass is 79.9. The van der Waals surface area contributed by atoms with E-state index in [1.807, 2.05) is 18.2 Å². The summed E-state index contributed by atoms with van der Waals surface area (Å²) in [6.07, 6.45) is 1.93. The summed E-state index contributed by atoms with van der Waals surface area (Å²) in [4.78, 5) is 2.36. The van der Waals surface area contributed by atoms with Gasteiger partial charge in [0.15, 0.2) is 11.5 Å². The second-order valence-electron chi connectivity index (χ2n) is 4.52. The van der Waals surface area contributed by atoms with E-state index in [9.17, 15) is 5.11 Å². The molecule has 19 heavy (non-hydrogen) atoms. The normalized spacial score (nSPS) is 18.0. The summed E-state index contributed by atoms with van der Waals surface area (Å²) in [7, 11) is 1.55. The van der Waals surface area contributed by atoms with E-state index in [1.54, 1.807) is 7.11 Å². The van der Waals surface area contributed by atoms with Crippen molar-refractivity contribution in [1.82, 2.24) is 10.2 Å². The maximum absolute atomic E-state index is 9.87. The number of piperazine rings is 1. The molecule has 0 unspecified atom stereocenters. The van der Waals surface area contributed by atoms with E-state index in [0.29, 0.717) is 10.2 Å². The molecule has 5 heteroatoms. The fourth-order valence-electron chi connectivity index (χ4n) is 2.38. The van der Waals surface area contributed by atoms with Crippen LogP contribution in [0.15, 0.2) is 29.3 Å². The van der Waals surface area contributed by atoms with Crippen molar-refractivity contribution in [1.29, 1.82) is 0 Å². The third-order valence-electron chi connectivity index (χ3n) is 3.38. The Labute approximate surface area is 122 Å². The molecule has 1 saturated heterocycles. The molecule has 1 aliphatic heterocycles. The fraction of sp³-hybridized carbons (Fsp3) is 0.429. The second kappa shape index (κ2) is 6.41. The molecule has 0 aliphatic carbocycles. The van der Waals surface area contributed by atoms with Crippen molar-refractivity contribution in [2.45, 2.75) is 6.04 Å². The first-order chi connectivity index (χ1) is 9.17. The second-order valence-corrected chi connectivity index (χ2v) is 5.37. The number of nitrogens with zero attached hydrogens (tertiary/aromatic N) is 1. The number of aromatic hydroxyl groups is 1. The number of hydrogen-bond donors (Lipinski definition) is 2. The zero-order chi connectivity index (χ0) is 13.8. The third-order valence-corrected chi connectivity index (χ3v) is 3.98. The van der Waals surface area contributed by atoms with Crippen LogP contribution in [0.5, 0.6) is 11.5 Å². The smallest absolute Gasteiger partial charge is 0.172 e. The molecule has 2 rings (SSSR count). The lowest BCUT2D eigenvalue weighted by Crippen LogP contribution is -2.44. The van der Waals surface area contributed by atoms with Crippen LogP contribution in [0.1, 0.15) is 11.6 Å². The minimum Gasteiger partial charge on any atom is -0.503 e. The van der Waals surface area contributed by atoms with Gasteiger partial charge in [-0.05, 0) is 33.6 Å². The SMILES string of the molecule is C=C[C@H](c1cc(Br)c(O)c(OC)c1)N1CCNCC1. The van der Waals surface area contributed by atoms with Gasteiger partial charge in [0.1, 0.15) is 0 Å². The molecule has 104 valence electrons. The summed E-state index contributed by atoms with van der Waals surface area (Å²) in [6, 6.07) is 3.92. The van der Waals surface area contributed by atoms with Crippen molar-refractivity contribution in [3.8, 4) is 11.5 Å². The molecule has 4 nitrogen and oxygen atoms in total. The van der Waals surface area contributed by atoms with Gasteiger partial charge in [-0.1, -0.05) is 6.08 Å². The summed E-state index contributed by atoms with van der Waals surface area (Å²) < 4.78 is 5.85. The number of nitrogens with one attached hydrogen (secondary N) is 1. The molecule has 0 bridgehead atoms. The minimum absolute atomic E-state index is 0.132. The Morgan fingerprint density at radius 1 is 1.47 bits per heavy atom. The Morgan fingerprint density at radius 2 is 2.16 bits per heavy atom. The van der Waals surface area contributed by atoms with Crippen LogP contribution >= 0.6 is 15.9 Å². The van der Waals surface area contributed by atoms with Gasteiger partial charge in [0.2, 0.25) is 0 Å². The summed E-state index contributed by atoms with van der Waals surface area (Å²) in [5.41, 5.74) is 1.07. The molecule has 0 spiro atoms. The predicted molar refractivity (Wildman–Crippen MR) is 79.7 cm³/mol. The van der Waals surface area contributed by atoms with Crippen molar-refractivity contribution in [3.63, 3.8) is 0 Å². The topological polar surface area (TPSA) is 44.7 Å². The Hall–Kier alpha value is -1.04. The maximum atomic E-state index is 9.87. The number of benzene rings is 1. The van der Waals surface area contributed by atoms with Gasteiger partial charge < -0.3 is 15.2 Å². The average Bonchev–Trinajstić information content (AvgIpc) is 2.44. The molecule has 1 fully saturated rings. The fourth-order valence-corrected chi connectivity index (χ4v) is 2.84. The number of rotatable bonds is 4. The average molecular weight is 327 g/mol. The van der Waals surface area contributed by atoms with E-state index in [4.69, 9.17) is 4.74 Å². The van der Waals surface area contributed by atoms with Gasteiger partial charge in [-0.15, -0.1) is 6.58 Å². The van der Waals surface area contributed by atoms with Gasteiger partial charge >= 0.3 is 0 Å². The van der Waals surface area contributed by atoms with Crippen LogP contribution in [-0.4, -0.2) is 43.3 Å². The van der Waals surface area contributed by atoms with Gasteiger partial charge in [-0.3, -0.25) is 4.90 Å². The standard InChI is InChI=1S/C14H19BrN2O2/c1-3-12(17-6-4-16-5-7-17)10-8-11(15)14(18)13(9-10)19-2/h3,8-9,12,16,18H,1,4-7H2,2H3/t12-/m1/s1. The lowest BCUT2D eigenvalue weighted by atomic mass is 10.0. The molecule has 0 amide bonds. The van der Waals surface area contributed by atoms with Crippen molar-refractivity contribution < 1.29 is 9.84 Å². The molecule has 1 heterocycles. The van der Waals surface area contributed by atoms with Crippen LogP contribution in [0.25, 0.3) is 0 Å². The number of methoxy groups -OCH3 is 1. The predicted octanol–water partition coefficient (Wildman–Crippen LogP) is 2.30. The van der Waals surface area contributed by atoms with Crippen molar-refractivity contribution in [3.05, 3.63) is 34.8 Å². The first-order valence-electron chi connectivity index (χ1n) is 6.31. The van der Waals surface area contributed by atoms with Crippen LogP contribution < -0.4 is 10.1 Å². The van der Waals surface area contributed by atoms with Crippen LogP contribution in [0, 0.1) is 0 Å². The Morgan fingerprint density at radius 3 is 2.74 bits per heavy atom. The highest BCUT2D eigenvalue weighted by Crippen LogP contribution is 2.38. The molecular formula is C14H19BrN2O2. The zero-order valence-electron chi connectivity index (χ0n) is 11.0. The number of phenolic OH excluding ortho intramolecular Hbond substituents is 1. The number of halogens is 1. The highest BCUT2D eigenvalue weighted by Gasteiger charge is 2.21. The maximum Gasteiger partial charge on any atom is 0.172 e. The Bertz CT molecular complexity index is 459. The van der Waals surface area contributed by atoms with Gasteiger partial charge in [0.25, 0.3) is 0 Å². The van der Waals surface area contributed by atoms with Crippen LogP contribution in [0.4, 0.5) is 0 Å². The molecule has 1 aromatic rings. The molecule has 1 atom stereocenters. The van der Waals surface area contributed by atoms with Crippen molar-refractivity contribution in [2.75, 3.05) is 33.3 Å². The highest BCUT2D eigenvalue weighted by molar-refractivity contribution is 9.10. The van der Waals surface area contributed by atoms with E-state index in [-0.39, 0.29) is 11.8 Å². The minimum atomic E-state index is 0.132. The molecule has 2 N–H and O–H groups in total. The van der Waals surface area contributed by atoms with Gasteiger partial charge in [0, 0.05) is 26.2 Å². The number of hydrogen-bond acceptors (Lipinski definition) is 4. The number of ether oxygens (including phenoxy) is 1. The molecular weight excluding hydrogens is 308 g/mol. The third kappa shape index (κ3) is 3.11. The summed E-state index contributed by atoms with van der Waals surface area (Å²) in [6.45, 7) is 7.88. The van der Waals surface area contributed by atoms with Crippen LogP contribution in [-0.2, 0) is 0 Å². The largest absolute Gasteiger partial charge is 0.503 e. The summed E-state index contributed by atoms with van der Waals surface area (Å²) in [5.74, 6) is 0.612. The molecule has 0 aromatic heterocycles. The van der Waals surface area contributed by atoms with Gasteiger partial charge in [0.05, 0.1) is 17.6 Å². The molecule has 0 saturated carbocycles. The monoisotopic (exact) mass is 326 g/mol. The van der Waals surface area contributed by atoms with Gasteiger partial charge in [-0.25, -0.2) is 0 Å². The van der Waals surface area contributed by atoms with E-state index >= 15 is 0 Å². The molecule has 1 aromatic carbocycles. The zero-order valence-corrected chi connectivity index (χ0v) is 12.6. The molecule has 0 radical (unpaired) electrons. The van der Waals surface area contributed by atoms with E-state index in [0.717, 1.165) is 31.7 Å². The Balaban J connectivity index is 2.32. The quantitative estimate of drug-likeness (QED) is 0.833. The lowest BCUT2D eigenvalue weighted by Gasteiger charge is -2.33. The van der Waals surface area contributed by atoms with Crippen LogP contribution in [0.3, 0.4) is 0 Å². The summed E-state index contributed by atoms with van der Waals surface area (Å²) in [5, 5.41) is 13.2. The summed E-state index contributed by atoms with van der Waals surface area (Å²) >= 11 is 3.36. The Kier molecular flexibility index (Phi) is 4.85. The molecule has 1 aliphatic rings. The van der Waals surface area contributed by atoms with Crippen LogP contribution in [0.2, 0.25) is 0 Å². The van der Waals surface area contributed by atoms with E-state index < -0.39 is 0 Å². The first-order valence-corrected chi connectivity index (χ1v) is 7.10. The lowest BCUT2D eigenvalue weighted by molar-refractivity contribution is 0.203. The first kappa shape index (κ1) is 14.4.